The summed E-state index contributed by atoms with van der Waals surface area (Å²) in [5.74, 6) is 0.505. The number of hydrogen-bond acceptors (Lipinski definition) is 4. The molecule has 0 aliphatic carbocycles. The lowest BCUT2D eigenvalue weighted by atomic mass is 9.92. The highest BCUT2D eigenvalue weighted by molar-refractivity contribution is 4.93. The van der Waals surface area contributed by atoms with Crippen molar-refractivity contribution in [2.24, 2.45) is 11.8 Å². The van der Waals surface area contributed by atoms with E-state index < -0.39 is 17.5 Å². The van der Waals surface area contributed by atoms with E-state index in [1.54, 1.807) is 7.11 Å². The molecule has 19 heavy (non-hydrogen) atoms. The van der Waals surface area contributed by atoms with Crippen LogP contribution in [-0.4, -0.2) is 28.9 Å². The van der Waals surface area contributed by atoms with E-state index in [0.717, 1.165) is 0 Å². The number of nitrogens with one attached hydrogen (secondary N) is 1. The number of aromatic nitrogens is 2. The van der Waals surface area contributed by atoms with E-state index in [1.807, 2.05) is 0 Å². The van der Waals surface area contributed by atoms with Crippen molar-refractivity contribution in [1.82, 2.24) is 9.55 Å². The van der Waals surface area contributed by atoms with Gasteiger partial charge in [-0.1, -0.05) is 20.8 Å². The second-order valence-electron chi connectivity index (χ2n) is 5.31. The zero-order valence-corrected chi connectivity index (χ0v) is 11.6. The van der Waals surface area contributed by atoms with Gasteiger partial charge in [-0.05, 0) is 5.92 Å². The second-order valence-corrected chi connectivity index (χ2v) is 5.31. The van der Waals surface area contributed by atoms with Crippen LogP contribution in [0.15, 0.2) is 21.9 Å². The quantitative estimate of drug-likeness (QED) is 0.877. The fraction of sp³-hybridized carbons (Fsp3) is 0.692. The maximum atomic E-state index is 11.8. The second kappa shape index (κ2) is 5.30. The lowest BCUT2D eigenvalue weighted by Gasteiger charge is -2.20. The van der Waals surface area contributed by atoms with Gasteiger partial charge in [0.1, 0.15) is 6.10 Å². The molecule has 1 saturated heterocycles. The third-order valence-corrected chi connectivity index (χ3v) is 3.67. The monoisotopic (exact) mass is 268 g/mol. The average Bonchev–Trinajstić information content (AvgIpc) is 2.66. The first-order valence-electron chi connectivity index (χ1n) is 6.45. The van der Waals surface area contributed by atoms with Gasteiger partial charge in [-0.25, -0.2) is 4.79 Å². The molecule has 1 fully saturated rings. The maximum Gasteiger partial charge on any atom is 0.330 e. The molecule has 0 saturated carbocycles. The third kappa shape index (κ3) is 2.50. The number of ether oxygens (including phenoxy) is 2. The molecule has 1 aliphatic heterocycles. The van der Waals surface area contributed by atoms with E-state index in [2.05, 4.69) is 25.8 Å². The Labute approximate surface area is 111 Å². The Morgan fingerprint density at radius 2 is 2.11 bits per heavy atom. The molecule has 0 bridgehead atoms. The highest BCUT2D eigenvalue weighted by Gasteiger charge is 2.44. The summed E-state index contributed by atoms with van der Waals surface area (Å²) in [5, 5.41) is 0. The number of nitrogens with zero attached hydrogens (tertiary/aromatic N) is 1. The zero-order chi connectivity index (χ0) is 14.2. The SMILES string of the molecule is COC1[C@@H](C)[C@@H](C(C)C)O[C@H]1n1ccc(=O)[nH]c1=O. The van der Waals surface area contributed by atoms with E-state index in [9.17, 15) is 9.59 Å². The van der Waals surface area contributed by atoms with Crippen molar-refractivity contribution in [2.45, 2.75) is 39.2 Å². The summed E-state index contributed by atoms with van der Waals surface area (Å²) >= 11 is 0. The van der Waals surface area contributed by atoms with Crippen LogP contribution in [0.5, 0.6) is 0 Å². The molecular weight excluding hydrogens is 248 g/mol. The molecule has 0 spiro atoms. The number of methoxy groups -OCH3 is 1. The Morgan fingerprint density at radius 1 is 1.42 bits per heavy atom. The van der Waals surface area contributed by atoms with Gasteiger partial charge < -0.3 is 9.47 Å². The number of hydrogen-bond donors (Lipinski definition) is 1. The molecule has 2 heterocycles. The lowest BCUT2D eigenvalue weighted by Crippen LogP contribution is -2.36. The summed E-state index contributed by atoms with van der Waals surface area (Å²) in [7, 11) is 1.61. The summed E-state index contributed by atoms with van der Waals surface area (Å²) in [6, 6.07) is 1.31. The van der Waals surface area contributed by atoms with Crippen LogP contribution in [0.3, 0.4) is 0 Å². The number of aromatic amines is 1. The molecule has 106 valence electrons. The van der Waals surface area contributed by atoms with Crippen molar-refractivity contribution in [3.05, 3.63) is 33.1 Å². The molecule has 6 nitrogen and oxygen atoms in total. The van der Waals surface area contributed by atoms with Gasteiger partial charge in [-0.15, -0.1) is 0 Å². The lowest BCUT2D eigenvalue weighted by molar-refractivity contribution is -0.0617. The molecule has 1 aromatic heterocycles. The molecule has 0 radical (unpaired) electrons. The van der Waals surface area contributed by atoms with E-state index in [1.165, 1.54) is 16.8 Å². The summed E-state index contributed by atoms with van der Waals surface area (Å²) in [6.07, 6.45) is 0.759. The van der Waals surface area contributed by atoms with Crippen molar-refractivity contribution in [1.29, 1.82) is 0 Å². The standard InChI is InChI=1S/C13H20N2O4/c1-7(2)10-8(3)11(18-4)12(19-10)15-6-5-9(16)14-13(15)17/h5-8,10-12H,1-4H3,(H,14,16,17)/t8-,10+,11?,12+/m0/s1. The van der Waals surface area contributed by atoms with Crippen LogP contribution in [0.25, 0.3) is 0 Å². The average molecular weight is 268 g/mol. The van der Waals surface area contributed by atoms with Gasteiger partial charge in [0.25, 0.3) is 5.56 Å². The topological polar surface area (TPSA) is 73.3 Å². The fourth-order valence-corrected chi connectivity index (χ4v) is 2.76. The van der Waals surface area contributed by atoms with Gasteiger partial charge in [0.2, 0.25) is 0 Å². The first kappa shape index (κ1) is 14.0. The fourth-order valence-electron chi connectivity index (χ4n) is 2.76. The Bertz CT molecular complexity index is 548. The summed E-state index contributed by atoms with van der Waals surface area (Å²) in [5.41, 5.74) is -0.891. The van der Waals surface area contributed by atoms with Crippen LogP contribution in [0.4, 0.5) is 0 Å². The van der Waals surface area contributed by atoms with E-state index >= 15 is 0 Å². The summed E-state index contributed by atoms with van der Waals surface area (Å²) in [4.78, 5) is 25.2. The zero-order valence-electron chi connectivity index (χ0n) is 11.6. The van der Waals surface area contributed by atoms with Crippen LogP contribution < -0.4 is 11.2 Å². The normalized spacial score (nSPS) is 31.0. The first-order chi connectivity index (χ1) is 8.95. The van der Waals surface area contributed by atoms with Gasteiger partial charge in [-0.2, -0.15) is 0 Å². The van der Waals surface area contributed by atoms with Crippen LogP contribution in [-0.2, 0) is 9.47 Å². The first-order valence-corrected chi connectivity index (χ1v) is 6.45. The van der Waals surface area contributed by atoms with Crippen molar-refractivity contribution in [2.75, 3.05) is 7.11 Å². The van der Waals surface area contributed by atoms with Gasteiger partial charge in [0, 0.05) is 25.3 Å². The Kier molecular flexibility index (Phi) is 3.91. The minimum Gasteiger partial charge on any atom is -0.376 e. The minimum absolute atomic E-state index is 0.0220. The highest BCUT2D eigenvalue weighted by atomic mass is 16.6. The predicted molar refractivity (Wildman–Crippen MR) is 70.0 cm³/mol. The van der Waals surface area contributed by atoms with E-state index in [-0.39, 0.29) is 18.1 Å². The molecule has 1 aliphatic rings. The van der Waals surface area contributed by atoms with Gasteiger partial charge >= 0.3 is 5.69 Å². The molecule has 1 aromatic rings. The summed E-state index contributed by atoms with van der Waals surface area (Å²) in [6.45, 7) is 6.20. The Morgan fingerprint density at radius 3 is 2.63 bits per heavy atom. The van der Waals surface area contributed by atoms with Gasteiger partial charge in [0.15, 0.2) is 6.23 Å². The Balaban J connectivity index is 2.38. The van der Waals surface area contributed by atoms with Crippen molar-refractivity contribution in [3.8, 4) is 0 Å². The van der Waals surface area contributed by atoms with Crippen LogP contribution in [0, 0.1) is 11.8 Å². The van der Waals surface area contributed by atoms with Crippen LogP contribution >= 0.6 is 0 Å². The molecule has 0 amide bonds. The van der Waals surface area contributed by atoms with Crippen molar-refractivity contribution >= 4 is 0 Å². The van der Waals surface area contributed by atoms with E-state index in [0.29, 0.717) is 5.92 Å². The van der Waals surface area contributed by atoms with Gasteiger partial charge in [0.05, 0.1) is 6.10 Å². The molecule has 4 atom stereocenters. The van der Waals surface area contributed by atoms with Gasteiger partial charge in [-0.3, -0.25) is 14.3 Å². The van der Waals surface area contributed by atoms with Crippen molar-refractivity contribution < 1.29 is 9.47 Å². The largest absolute Gasteiger partial charge is 0.376 e. The van der Waals surface area contributed by atoms with E-state index in [4.69, 9.17) is 9.47 Å². The smallest absolute Gasteiger partial charge is 0.330 e. The molecule has 6 heteroatoms. The van der Waals surface area contributed by atoms with Crippen LogP contribution in [0.1, 0.15) is 27.0 Å². The predicted octanol–water partition coefficient (Wildman–Crippen LogP) is 0.741. The summed E-state index contributed by atoms with van der Waals surface area (Å²) < 4.78 is 12.8. The highest BCUT2D eigenvalue weighted by Crippen LogP contribution is 2.37. The molecular formula is C13H20N2O4. The molecule has 2 rings (SSSR count). The molecule has 0 aromatic carbocycles. The third-order valence-electron chi connectivity index (χ3n) is 3.67. The maximum absolute atomic E-state index is 11.8. The van der Waals surface area contributed by atoms with Crippen molar-refractivity contribution in [3.63, 3.8) is 0 Å². The minimum atomic E-state index is -0.503. The molecule has 1 unspecified atom stereocenters. The number of H-pyrrole nitrogens is 1. The van der Waals surface area contributed by atoms with Crippen LogP contribution in [0.2, 0.25) is 0 Å². The molecule has 1 N–H and O–H groups in total. The Hall–Kier alpha value is -1.40. The number of rotatable bonds is 3.